The van der Waals surface area contributed by atoms with Crippen molar-refractivity contribution in [2.45, 2.75) is 51.9 Å². The summed E-state index contributed by atoms with van der Waals surface area (Å²) in [6, 6.07) is 0. The first-order valence-electron chi connectivity index (χ1n) is 9.43. The summed E-state index contributed by atoms with van der Waals surface area (Å²) in [6.45, 7) is 3.16. The van der Waals surface area contributed by atoms with E-state index in [4.69, 9.17) is 31.1 Å². The molecule has 0 aliphatic carbocycles. The average molecular weight is 447 g/mol. The maximum atomic E-state index is 12.7. The molecule has 0 amide bonds. The first-order valence-corrected chi connectivity index (χ1v) is 9.43. The smallest absolute Gasteiger partial charge is 0.303 e. The molecular formula is C19H21N5O8. The van der Waals surface area contributed by atoms with E-state index in [-0.39, 0.29) is 30.3 Å². The van der Waals surface area contributed by atoms with Crippen LogP contribution in [0.4, 0.5) is 5.95 Å². The molecule has 2 N–H and O–H groups in total. The van der Waals surface area contributed by atoms with Crippen LogP contribution in [-0.4, -0.2) is 61.9 Å². The molecule has 1 saturated heterocycles. The predicted octanol–water partition coefficient (Wildman–Crippen LogP) is -0.868. The van der Waals surface area contributed by atoms with Gasteiger partial charge in [0, 0.05) is 20.8 Å². The van der Waals surface area contributed by atoms with E-state index in [1.807, 2.05) is 0 Å². The molecule has 0 saturated carbocycles. The lowest BCUT2D eigenvalue weighted by atomic mass is 10.1. The third kappa shape index (κ3) is 4.40. The molecule has 0 unspecified atom stereocenters. The van der Waals surface area contributed by atoms with E-state index in [2.05, 4.69) is 15.9 Å². The van der Waals surface area contributed by atoms with Crippen molar-refractivity contribution >= 4 is 35.0 Å². The molecule has 13 nitrogen and oxygen atoms in total. The molecule has 0 aromatic carbocycles. The van der Waals surface area contributed by atoms with Gasteiger partial charge in [0.15, 0.2) is 29.6 Å². The van der Waals surface area contributed by atoms with E-state index in [1.165, 1.54) is 31.7 Å². The number of fused-ring (bicyclic) bond motifs is 1. The van der Waals surface area contributed by atoms with Gasteiger partial charge in [0.2, 0.25) is 5.95 Å². The van der Waals surface area contributed by atoms with Crippen molar-refractivity contribution in [1.29, 1.82) is 0 Å². The van der Waals surface area contributed by atoms with Crippen molar-refractivity contribution in [3.63, 3.8) is 0 Å². The number of aromatic nitrogens is 4. The number of esters is 3. The highest BCUT2D eigenvalue weighted by atomic mass is 16.7. The van der Waals surface area contributed by atoms with Gasteiger partial charge in [0.25, 0.3) is 5.56 Å². The van der Waals surface area contributed by atoms with Gasteiger partial charge in [0.05, 0.1) is 12.9 Å². The number of anilines is 1. The van der Waals surface area contributed by atoms with Crippen LogP contribution in [0, 0.1) is 12.3 Å². The predicted molar refractivity (Wildman–Crippen MR) is 107 cm³/mol. The standard InChI is InChI=1S/C19H21N5O8/c1-5-6-23-17(28)13-16(22-19(23)20)24(8-21-13)18-15(31-11(4)27)14(30-10(3)26)12(32-18)7-29-9(2)25/h1,8,12,14-15,18H,6-7H2,2-4H3,(H2,20,22)/t12-,14-,15-,18-/m1/s1. The van der Waals surface area contributed by atoms with Gasteiger partial charge in [-0.1, -0.05) is 5.92 Å². The van der Waals surface area contributed by atoms with Crippen LogP contribution in [-0.2, 0) is 39.9 Å². The minimum absolute atomic E-state index is 0.0395. The van der Waals surface area contributed by atoms with Crippen LogP contribution < -0.4 is 11.3 Å². The van der Waals surface area contributed by atoms with Gasteiger partial charge < -0.3 is 24.7 Å². The molecule has 1 aliphatic rings. The van der Waals surface area contributed by atoms with Gasteiger partial charge in [-0.25, -0.2) is 4.98 Å². The Bertz CT molecular complexity index is 1160. The van der Waals surface area contributed by atoms with Crippen LogP contribution >= 0.6 is 0 Å². The van der Waals surface area contributed by atoms with E-state index in [0.717, 1.165) is 4.57 Å². The van der Waals surface area contributed by atoms with Crippen molar-refractivity contribution in [2.24, 2.45) is 0 Å². The number of ether oxygens (including phenoxy) is 4. The molecule has 2 aromatic rings. The zero-order valence-electron chi connectivity index (χ0n) is 17.5. The van der Waals surface area contributed by atoms with Gasteiger partial charge in [-0.15, -0.1) is 6.42 Å². The maximum Gasteiger partial charge on any atom is 0.303 e. The number of nitrogens with two attached hydrogens (primary N) is 1. The Labute approximate surface area is 181 Å². The summed E-state index contributed by atoms with van der Waals surface area (Å²) in [6.07, 6.45) is 2.14. The van der Waals surface area contributed by atoms with Crippen LogP contribution in [0.1, 0.15) is 27.0 Å². The molecule has 3 heterocycles. The van der Waals surface area contributed by atoms with E-state index in [1.54, 1.807) is 0 Å². The molecule has 0 radical (unpaired) electrons. The van der Waals surface area contributed by atoms with Crippen LogP contribution in [0.3, 0.4) is 0 Å². The van der Waals surface area contributed by atoms with Crippen LogP contribution in [0.15, 0.2) is 11.1 Å². The molecule has 0 spiro atoms. The molecule has 1 fully saturated rings. The first-order chi connectivity index (χ1) is 15.1. The van der Waals surface area contributed by atoms with E-state index in [9.17, 15) is 19.2 Å². The topological polar surface area (TPSA) is 167 Å². The number of hydrogen-bond acceptors (Lipinski definition) is 11. The second-order valence-electron chi connectivity index (χ2n) is 6.91. The Morgan fingerprint density at radius 3 is 2.44 bits per heavy atom. The minimum Gasteiger partial charge on any atom is -0.463 e. The molecule has 4 atom stereocenters. The molecular weight excluding hydrogens is 426 g/mol. The lowest BCUT2D eigenvalue weighted by Crippen LogP contribution is -2.40. The molecule has 2 aromatic heterocycles. The lowest BCUT2D eigenvalue weighted by molar-refractivity contribution is -0.166. The molecule has 1 aliphatic heterocycles. The third-order valence-corrected chi connectivity index (χ3v) is 4.58. The highest BCUT2D eigenvalue weighted by molar-refractivity contribution is 5.71. The average Bonchev–Trinajstić information content (AvgIpc) is 3.24. The summed E-state index contributed by atoms with van der Waals surface area (Å²) in [5, 5.41) is 0. The zero-order chi connectivity index (χ0) is 23.6. The van der Waals surface area contributed by atoms with Gasteiger partial charge in [-0.3, -0.25) is 28.3 Å². The van der Waals surface area contributed by atoms with Crippen molar-refractivity contribution in [1.82, 2.24) is 19.1 Å². The Balaban J connectivity index is 2.09. The maximum absolute atomic E-state index is 12.7. The lowest BCUT2D eigenvalue weighted by Gasteiger charge is -2.23. The van der Waals surface area contributed by atoms with Crippen molar-refractivity contribution < 1.29 is 33.3 Å². The normalized spacial score (nSPS) is 22.3. The number of carbonyl (C=O) groups is 3. The Hall–Kier alpha value is -3.92. The highest BCUT2D eigenvalue weighted by Gasteiger charge is 2.51. The van der Waals surface area contributed by atoms with Crippen LogP contribution in [0.2, 0.25) is 0 Å². The number of imidazole rings is 1. The first kappa shape index (κ1) is 22.8. The largest absolute Gasteiger partial charge is 0.463 e. The van der Waals surface area contributed by atoms with Crippen molar-refractivity contribution in [3.8, 4) is 12.3 Å². The summed E-state index contributed by atoms with van der Waals surface area (Å²) in [5.74, 6) is 0.225. The molecule has 0 bridgehead atoms. The SMILES string of the molecule is C#CCn1c(N)nc2c(ncn2[C@@H]2O[C@H](COC(C)=O)[C@@H](OC(C)=O)[C@H]2OC(C)=O)c1=O. The summed E-state index contributed by atoms with van der Waals surface area (Å²) < 4.78 is 24.0. The van der Waals surface area contributed by atoms with Crippen LogP contribution in [0.25, 0.3) is 11.2 Å². The van der Waals surface area contributed by atoms with Gasteiger partial charge in [0.1, 0.15) is 12.7 Å². The van der Waals surface area contributed by atoms with E-state index in [0.29, 0.717) is 0 Å². The highest BCUT2D eigenvalue weighted by Crippen LogP contribution is 2.35. The Kier molecular flexibility index (Phi) is 6.45. The van der Waals surface area contributed by atoms with Gasteiger partial charge in [-0.05, 0) is 0 Å². The van der Waals surface area contributed by atoms with E-state index >= 15 is 0 Å². The molecule has 32 heavy (non-hydrogen) atoms. The number of nitrogens with zero attached hydrogens (tertiary/aromatic N) is 4. The molecule has 3 rings (SSSR count). The molecule has 170 valence electrons. The Morgan fingerprint density at radius 2 is 1.84 bits per heavy atom. The Morgan fingerprint density at radius 1 is 1.19 bits per heavy atom. The zero-order valence-corrected chi connectivity index (χ0v) is 17.5. The number of terminal acetylenes is 1. The number of hydrogen-bond donors (Lipinski definition) is 1. The second kappa shape index (κ2) is 9.06. The van der Waals surface area contributed by atoms with Gasteiger partial charge >= 0.3 is 17.9 Å². The summed E-state index contributed by atoms with van der Waals surface area (Å²) in [7, 11) is 0. The third-order valence-electron chi connectivity index (χ3n) is 4.58. The fraction of sp³-hybridized carbons (Fsp3) is 0.474. The second-order valence-corrected chi connectivity index (χ2v) is 6.91. The fourth-order valence-corrected chi connectivity index (χ4v) is 3.36. The van der Waals surface area contributed by atoms with Crippen molar-refractivity contribution in [3.05, 3.63) is 16.7 Å². The summed E-state index contributed by atoms with van der Waals surface area (Å²) in [4.78, 5) is 55.7. The minimum atomic E-state index is -1.16. The summed E-state index contributed by atoms with van der Waals surface area (Å²) in [5.41, 5.74) is 5.30. The van der Waals surface area contributed by atoms with Crippen LogP contribution in [0.5, 0.6) is 0 Å². The number of nitrogen functional groups attached to an aromatic ring is 1. The quantitative estimate of drug-likeness (QED) is 0.332. The number of carbonyl (C=O) groups excluding carboxylic acids is 3. The van der Waals surface area contributed by atoms with Gasteiger partial charge in [-0.2, -0.15) is 4.98 Å². The van der Waals surface area contributed by atoms with Crippen molar-refractivity contribution in [2.75, 3.05) is 12.3 Å². The van der Waals surface area contributed by atoms with E-state index < -0.39 is 48.0 Å². The number of rotatable bonds is 6. The monoisotopic (exact) mass is 447 g/mol. The summed E-state index contributed by atoms with van der Waals surface area (Å²) >= 11 is 0. The molecule has 13 heteroatoms. The fourth-order valence-electron chi connectivity index (χ4n) is 3.36.